The van der Waals surface area contributed by atoms with E-state index >= 15 is 4.79 Å². The van der Waals surface area contributed by atoms with E-state index in [1.54, 1.807) is 37.6 Å². The molecule has 5 aromatic rings. The second-order valence-corrected chi connectivity index (χ2v) is 24.3. The molecule has 6 amide bonds. The Bertz CT molecular complexity index is 3210. The van der Waals surface area contributed by atoms with Crippen molar-refractivity contribution < 1.29 is 57.0 Å². The van der Waals surface area contributed by atoms with Gasteiger partial charge < -0.3 is 39.3 Å². The molecule has 23 heteroatoms. The predicted molar refractivity (Wildman–Crippen MR) is 278 cm³/mol. The number of nitrogens with one attached hydrogen (secondary N) is 2. The van der Waals surface area contributed by atoms with E-state index in [1.165, 1.54) is 38.3 Å². The smallest absolute Gasteiger partial charge is 0.363 e. The third-order valence-corrected chi connectivity index (χ3v) is 17.6. The summed E-state index contributed by atoms with van der Waals surface area (Å²) < 4.78 is 42.4. The van der Waals surface area contributed by atoms with Crippen LogP contribution in [0.15, 0.2) is 77.6 Å². The van der Waals surface area contributed by atoms with Gasteiger partial charge in [0.2, 0.25) is 35.4 Å². The first-order valence-electron chi connectivity index (χ1n) is 25.6. The third-order valence-electron chi connectivity index (χ3n) is 15.6. The van der Waals surface area contributed by atoms with Crippen molar-refractivity contribution in [3.8, 4) is 0 Å². The first-order chi connectivity index (χ1) is 36.1. The summed E-state index contributed by atoms with van der Waals surface area (Å²) in [5.74, 6) is -5.12. The van der Waals surface area contributed by atoms with Crippen molar-refractivity contribution >= 4 is 75.5 Å². The van der Waals surface area contributed by atoms with Crippen molar-refractivity contribution in [3.05, 3.63) is 105 Å². The molecular weight excluding hydrogens is 1020 g/mol. The maximum absolute atomic E-state index is 15.0. The van der Waals surface area contributed by atoms with Gasteiger partial charge in [-0.25, -0.2) is 9.18 Å². The van der Waals surface area contributed by atoms with Crippen LogP contribution in [0.2, 0.25) is 0 Å². The van der Waals surface area contributed by atoms with Gasteiger partial charge in [0.05, 0.1) is 35.2 Å². The Morgan fingerprint density at radius 3 is 2.34 bits per heavy atom. The number of piperazine rings is 1. The van der Waals surface area contributed by atoms with Crippen molar-refractivity contribution in [1.29, 1.82) is 0 Å². The number of piperidine rings is 1. The number of fused-ring (bicyclic) bond motifs is 4. The number of amides is 6. The second-order valence-electron chi connectivity index (χ2n) is 21.6. The number of hydrogen-bond donors (Lipinski definition) is 4. The maximum atomic E-state index is 15.0. The molecule has 5 saturated heterocycles. The van der Waals surface area contributed by atoms with E-state index in [9.17, 15) is 47.5 Å². The number of carbonyl (C=O) groups excluding carboxylic acids is 6. The number of nitrogens with zero attached hydrogens (tertiary/aromatic N) is 6. The highest BCUT2D eigenvalue weighted by molar-refractivity contribution is 7.51. The average molecular weight is 1090 g/mol. The number of hydrogen-bond acceptors (Lipinski definition) is 12. The number of carbonyl (C=O) groups is 6. The molecule has 10 rings (SSSR count). The minimum Gasteiger partial charge on any atom is -0.370 e. The molecule has 2 bridgehead atoms. The lowest BCUT2D eigenvalue weighted by Crippen LogP contribution is -2.60. The van der Waals surface area contributed by atoms with Crippen LogP contribution in [0.25, 0.3) is 21.1 Å². The lowest BCUT2D eigenvalue weighted by Gasteiger charge is -2.41. The van der Waals surface area contributed by atoms with Crippen LogP contribution in [-0.2, 0) is 51.6 Å². The van der Waals surface area contributed by atoms with E-state index in [1.807, 2.05) is 48.5 Å². The molecule has 0 aliphatic carbocycles. The number of thiophene rings is 1. The number of aromatic nitrogens is 2. The Balaban J connectivity index is 0.835. The van der Waals surface area contributed by atoms with Crippen LogP contribution < -0.4 is 16.3 Å². The number of morpholine rings is 1. The maximum Gasteiger partial charge on any atom is 0.363 e. The Kier molecular flexibility index (Phi) is 14.7. The topological polar surface area (TPSA) is 242 Å². The molecule has 5 fully saturated rings. The second kappa shape index (κ2) is 21.0. The third kappa shape index (κ3) is 10.5. The number of halogens is 1. The molecule has 3 aromatic carbocycles. The molecule has 4 N–H and O–H groups in total. The van der Waals surface area contributed by atoms with E-state index in [-0.39, 0.29) is 98.0 Å². The minimum absolute atomic E-state index is 0.0491. The summed E-state index contributed by atoms with van der Waals surface area (Å²) in [6, 6.07) is 17.8. The Morgan fingerprint density at radius 2 is 1.64 bits per heavy atom. The van der Waals surface area contributed by atoms with Crippen LogP contribution in [0, 0.1) is 5.41 Å². The molecule has 0 saturated carbocycles. The number of aryl methyl sites for hydroxylation is 1. The van der Waals surface area contributed by atoms with Crippen molar-refractivity contribution in [2.75, 3.05) is 45.9 Å². The number of benzene rings is 3. The SMILES string of the molecule is Cn1c(=O)n(C2CCC(=O)NC2=O)c2ccc(CN3[C@@H]4CC[C@H]3CN(C(=O)CO[C@@H]3CCN(C(=O)[C@@H](NC(=O)c5cc6cc([C@@H](F)P(=O)(O)O)ccc6s5)C(C)(C)C)[C@@H]3C(=O)N3CCO[C@H](c5ccccc5)C3)C4)cc21. The van der Waals surface area contributed by atoms with E-state index < -0.39 is 67.0 Å². The number of likely N-dealkylation sites (tertiary alicyclic amines) is 2. The summed E-state index contributed by atoms with van der Waals surface area (Å²) >= 11 is 1.07. The van der Waals surface area contributed by atoms with Crippen molar-refractivity contribution in [3.63, 3.8) is 0 Å². The number of rotatable bonds is 13. The monoisotopic (exact) mass is 1080 g/mol. The molecule has 8 atom stereocenters. The normalized spacial score (nSPS) is 24.3. The molecule has 404 valence electrons. The lowest BCUT2D eigenvalue weighted by atomic mass is 9.85. The largest absolute Gasteiger partial charge is 0.370 e. The summed E-state index contributed by atoms with van der Waals surface area (Å²) in [5, 5.41) is 5.64. The molecule has 1 unspecified atom stereocenters. The zero-order valence-electron chi connectivity index (χ0n) is 42.6. The highest BCUT2D eigenvalue weighted by Crippen LogP contribution is 2.53. The van der Waals surface area contributed by atoms with Crippen LogP contribution in [0.3, 0.4) is 0 Å². The summed E-state index contributed by atoms with van der Waals surface area (Å²) in [5.41, 5.74) is 1.68. The first-order valence-corrected chi connectivity index (χ1v) is 28.1. The zero-order valence-corrected chi connectivity index (χ0v) is 44.3. The van der Waals surface area contributed by atoms with Gasteiger partial charge in [-0.1, -0.05) is 63.2 Å². The zero-order chi connectivity index (χ0) is 54.0. The highest BCUT2D eigenvalue weighted by Gasteiger charge is 2.50. The lowest BCUT2D eigenvalue weighted by molar-refractivity contribution is -0.156. The first kappa shape index (κ1) is 53.3. The molecule has 2 aromatic heterocycles. The molecule has 76 heavy (non-hydrogen) atoms. The van der Waals surface area contributed by atoms with Gasteiger partial charge >= 0.3 is 13.3 Å². The van der Waals surface area contributed by atoms with Crippen molar-refractivity contribution in [1.82, 2.24) is 39.4 Å². The van der Waals surface area contributed by atoms with E-state index in [0.717, 1.165) is 35.3 Å². The minimum atomic E-state index is -5.08. The highest BCUT2D eigenvalue weighted by atomic mass is 32.1. The van der Waals surface area contributed by atoms with Gasteiger partial charge in [0.1, 0.15) is 30.8 Å². The Hall–Kier alpha value is -6.13. The van der Waals surface area contributed by atoms with Crippen LogP contribution in [0.1, 0.15) is 97.3 Å². The fourth-order valence-corrected chi connectivity index (χ4v) is 13.1. The predicted octanol–water partition coefficient (Wildman–Crippen LogP) is 4.28. The van der Waals surface area contributed by atoms with Crippen molar-refractivity contribution in [2.45, 2.75) is 108 Å². The number of imidazole rings is 1. The summed E-state index contributed by atoms with van der Waals surface area (Å²) in [7, 11) is -3.42. The molecule has 7 heterocycles. The standard InChI is InChI=1S/C53H62FN8O12PS/c1-53(2,3)46(56-49(66)42-24-33-23-32(11-16-41(33)76-42)47(54)75(70,71)72)51(68)60-19-18-39(45(60)50(67)58-20-21-73-40(28-58)31-8-6-5-7-9-31)74-29-44(64)59-26-34-12-13-35(27-59)61(34)25-30-10-14-36-38(22-30)57(4)52(69)62(36)37-15-17-43(63)55-48(37)65/h5-11,14,16,22-24,34-35,37,39-40,45-47H,12-13,15,17-21,25-29H2,1-4H3,(H,56,66)(H,55,63,65)(H2,70,71,72)/t34-,35+,37?,39-,40+,45+,46-,47+/m1/s1. The van der Waals surface area contributed by atoms with Crippen LogP contribution in [-0.4, -0.2) is 150 Å². The molecular formula is C53H62FN8O12PS. The summed E-state index contributed by atoms with van der Waals surface area (Å²) in [4.78, 5) is 123. The summed E-state index contributed by atoms with van der Waals surface area (Å²) in [6.07, 6.45) is 1.08. The molecule has 5 aliphatic heterocycles. The van der Waals surface area contributed by atoms with Gasteiger partial charge in [0, 0.05) is 63.0 Å². The fraction of sp³-hybridized carbons (Fsp3) is 0.491. The van der Waals surface area contributed by atoms with Crippen molar-refractivity contribution in [2.24, 2.45) is 12.5 Å². The quantitative estimate of drug-likeness (QED) is 0.0952. The van der Waals surface area contributed by atoms with E-state index in [0.29, 0.717) is 40.8 Å². The summed E-state index contributed by atoms with van der Waals surface area (Å²) in [6.45, 7) is 7.35. The van der Waals surface area contributed by atoms with E-state index in [2.05, 4.69) is 15.5 Å². The molecule has 0 radical (unpaired) electrons. The van der Waals surface area contributed by atoms with Crippen LogP contribution >= 0.6 is 18.9 Å². The number of imide groups is 1. The molecule has 20 nitrogen and oxygen atoms in total. The number of alkyl halides is 1. The van der Waals surface area contributed by atoms with Crippen LogP contribution in [0.5, 0.6) is 0 Å². The van der Waals surface area contributed by atoms with Crippen LogP contribution in [0.4, 0.5) is 4.39 Å². The van der Waals surface area contributed by atoms with Gasteiger partial charge in [-0.2, -0.15) is 0 Å². The fourth-order valence-electron chi connectivity index (χ4n) is 11.6. The average Bonchev–Trinajstić information content (AvgIpc) is 4.14. The number of ether oxygens (including phenoxy) is 2. The Labute approximate surface area is 441 Å². The van der Waals surface area contributed by atoms with Gasteiger partial charge in [-0.15, -0.1) is 11.3 Å². The molecule has 5 aliphatic rings. The van der Waals surface area contributed by atoms with Gasteiger partial charge in [0.25, 0.3) is 5.91 Å². The Morgan fingerprint density at radius 1 is 0.908 bits per heavy atom. The van der Waals surface area contributed by atoms with Gasteiger partial charge in [0.15, 0.2) is 0 Å². The molecule has 0 spiro atoms. The van der Waals surface area contributed by atoms with Gasteiger partial charge in [-0.3, -0.25) is 52.7 Å². The van der Waals surface area contributed by atoms with E-state index in [4.69, 9.17) is 9.47 Å². The van der Waals surface area contributed by atoms with Gasteiger partial charge in [-0.05, 0) is 83.5 Å².